The highest BCUT2D eigenvalue weighted by Gasteiger charge is 2.08. The average molecular weight is 377 g/mol. The van der Waals surface area contributed by atoms with Gasteiger partial charge < -0.3 is 15.0 Å². The van der Waals surface area contributed by atoms with Crippen LogP contribution >= 0.6 is 0 Å². The minimum atomic E-state index is -0.118. The van der Waals surface area contributed by atoms with E-state index in [2.05, 4.69) is 47.0 Å². The highest BCUT2D eigenvalue weighted by atomic mass is 16.5. The number of nitrogens with zero attached hydrogens (tertiary/aromatic N) is 1. The van der Waals surface area contributed by atoms with Gasteiger partial charge in [0.15, 0.2) is 0 Å². The van der Waals surface area contributed by atoms with Crippen LogP contribution in [0.3, 0.4) is 0 Å². The number of rotatable bonds is 9. The second-order valence-electron chi connectivity index (χ2n) is 6.75. The predicted octanol–water partition coefficient (Wildman–Crippen LogP) is 4.61. The number of anilines is 1. The van der Waals surface area contributed by atoms with Crippen LogP contribution in [-0.4, -0.2) is 17.1 Å². The molecule has 0 atom stereocenters. The number of nitrogens with one attached hydrogen (secondary N) is 2. The monoisotopic (exact) mass is 377 g/mol. The molecular formula is C23H27N3O2. The Kier molecular flexibility index (Phi) is 6.48. The van der Waals surface area contributed by atoms with Gasteiger partial charge in [0.2, 0.25) is 0 Å². The summed E-state index contributed by atoms with van der Waals surface area (Å²) < 4.78 is 5.18. The largest absolute Gasteiger partial charge is 0.497 e. The summed E-state index contributed by atoms with van der Waals surface area (Å²) in [6.45, 7) is 5.95. The van der Waals surface area contributed by atoms with Gasteiger partial charge in [0.1, 0.15) is 11.6 Å². The Balaban J connectivity index is 1.68. The SMILES string of the molecule is C=CNc1cccc(CC)c1CCCCc1nc2ccc(OC)cc2c(=O)[nH]1. The fourth-order valence-electron chi connectivity index (χ4n) is 3.51. The minimum absolute atomic E-state index is 0.118. The predicted molar refractivity (Wildman–Crippen MR) is 115 cm³/mol. The number of aromatic amines is 1. The molecule has 0 radical (unpaired) electrons. The van der Waals surface area contributed by atoms with Gasteiger partial charge in [0.05, 0.1) is 18.0 Å². The Morgan fingerprint density at radius 3 is 2.79 bits per heavy atom. The van der Waals surface area contributed by atoms with Crippen LogP contribution < -0.4 is 15.6 Å². The van der Waals surface area contributed by atoms with Crippen LogP contribution in [0.1, 0.15) is 36.7 Å². The smallest absolute Gasteiger partial charge is 0.258 e. The molecule has 0 spiro atoms. The lowest BCUT2D eigenvalue weighted by Crippen LogP contribution is -2.12. The van der Waals surface area contributed by atoms with Crippen molar-refractivity contribution in [3.8, 4) is 5.75 Å². The zero-order valence-corrected chi connectivity index (χ0v) is 16.5. The number of fused-ring (bicyclic) bond motifs is 1. The number of aryl methyl sites for hydroxylation is 2. The molecule has 2 aromatic carbocycles. The first-order valence-corrected chi connectivity index (χ1v) is 9.71. The summed E-state index contributed by atoms with van der Waals surface area (Å²) in [6.07, 6.45) is 6.43. The first kappa shape index (κ1) is 19.7. The maximum atomic E-state index is 12.4. The van der Waals surface area contributed by atoms with Gasteiger partial charge in [-0.05, 0) is 67.3 Å². The summed E-state index contributed by atoms with van der Waals surface area (Å²) in [5, 5.41) is 3.80. The molecule has 0 bridgehead atoms. The molecule has 5 heteroatoms. The topological polar surface area (TPSA) is 67.0 Å². The van der Waals surface area contributed by atoms with Gasteiger partial charge in [-0.3, -0.25) is 4.79 Å². The molecular weight excluding hydrogens is 350 g/mol. The highest BCUT2D eigenvalue weighted by Crippen LogP contribution is 2.23. The van der Waals surface area contributed by atoms with Gasteiger partial charge in [-0.25, -0.2) is 4.98 Å². The van der Waals surface area contributed by atoms with Crippen molar-refractivity contribution in [2.24, 2.45) is 0 Å². The summed E-state index contributed by atoms with van der Waals surface area (Å²) in [6, 6.07) is 11.7. The van der Waals surface area contributed by atoms with E-state index in [-0.39, 0.29) is 5.56 Å². The number of methoxy groups -OCH3 is 1. The molecule has 3 rings (SSSR count). The van der Waals surface area contributed by atoms with E-state index in [4.69, 9.17) is 4.74 Å². The van der Waals surface area contributed by atoms with Crippen LogP contribution in [-0.2, 0) is 19.3 Å². The third-order valence-electron chi connectivity index (χ3n) is 4.96. The molecule has 0 aliphatic rings. The summed E-state index contributed by atoms with van der Waals surface area (Å²) in [5.74, 6) is 1.39. The standard InChI is InChI=1S/C23H27N3O2/c1-4-16-9-8-11-20(24-5-2)18(16)10-6-7-12-22-25-21-14-13-17(28-3)15-19(21)23(27)26-22/h5,8-9,11,13-15,24H,2,4,6-7,10,12H2,1,3H3,(H,25,26,27). The molecule has 0 saturated heterocycles. The van der Waals surface area contributed by atoms with Gasteiger partial charge >= 0.3 is 0 Å². The highest BCUT2D eigenvalue weighted by molar-refractivity contribution is 5.79. The second-order valence-corrected chi connectivity index (χ2v) is 6.75. The minimum Gasteiger partial charge on any atom is -0.497 e. The van der Waals surface area contributed by atoms with Crippen molar-refractivity contribution in [3.63, 3.8) is 0 Å². The van der Waals surface area contributed by atoms with Gasteiger partial charge in [-0.1, -0.05) is 25.6 Å². The molecule has 0 amide bonds. The summed E-state index contributed by atoms with van der Waals surface area (Å²) in [7, 11) is 1.59. The van der Waals surface area contributed by atoms with Gasteiger partial charge in [0.25, 0.3) is 5.56 Å². The molecule has 28 heavy (non-hydrogen) atoms. The molecule has 0 aliphatic carbocycles. The Bertz CT molecular complexity index is 1020. The molecule has 0 unspecified atom stereocenters. The maximum absolute atomic E-state index is 12.4. The zero-order valence-electron chi connectivity index (χ0n) is 16.5. The van der Waals surface area contributed by atoms with Crippen LogP contribution in [0.2, 0.25) is 0 Å². The Hall–Kier alpha value is -3.08. The summed E-state index contributed by atoms with van der Waals surface area (Å²) >= 11 is 0. The van der Waals surface area contributed by atoms with Gasteiger partial charge in [0, 0.05) is 12.1 Å². The normalized spacial score (nSPS) is 10.8. The molecule has 0 aliphatic heterocycles. The Labute approximate surface area is 165 Å². The molecule has 3 aromatic rings. The molecule has 0 saturated carbocycles. The molecule has 5 nitrogen and oxygen atoms in total. The van der Waals surface area contributed by atoms with Crippen molar-refractivity contribution >= 4 is 16.6 Å². The van der Waals surface area contributed by atoms with E-state index in [0.717, 1.165) is 43.6 Å². The van der Waals surface area contributed by atoms with Crippen LogP contribution in [0.4, 0.5) is 5.69 Å². The Morgan fingerprint density at radius 2 is 2.04 bits per heavy atom. The molecule has 1 heterocycles. The lowest BCUT2D eigenvalue weighted by molar-refractivity contribution is 0.415. The van der Waals surface area contributed by atoms with E-state index >= 15 is 0 Å². The third-order valence-corrected chi connectivity index (χ3v) is 4.96. The first-order valence-electron chi connectivity index (χ1n) is 9.71. The van der Waals surface area contributed by atoms with Crippen molar-refractivity contribution in [3.05, 3.63) is 76.5 Å². The molecule has 0 fully saturated rings. The maximum Gasteiger partial charge on any atom is 0.258 e. The number of unbranched alkanes of at least 4 members (excludes halogenated alkanes) is 1. The molecule has 146 valence electrons. The molecule has 1 aromatic heterocycles. The van der Waals surface area contributed by atoms with E-state index in [1.165, 1.54) is 11.1 Å². The van der Waals surface area contributed by atoms with Crippen LogP contribution in [0.25, 0.3) is 10.9 Å². The van der Waals surface area contributed by atoms with E-state index in [1.807, 2.05) is 12.1 Å². The van der Waals surface area contributed by atoms with Crippen molar-refractivity contribution in [1.82, 2.24) is 9.97 Å². The first-order chi connectivity index (χ1) is 13.7. The van der Waals surface area contributed by atoms with Crippen molar-refractivity contribution in [2.45, 2.75) is 39.0 Å². The number of hydrogen-bond acceptors (Lipinski definition) is 4. The fraction of sp³-hybridized carbons (Fsp3) is 0.304. The van der Waals surface area contributed by atoms with E-state index in [9.17, 15) is 4.79 Å². The third kappa shape index (κ3) is 4.42. The van der Waals surface area contributed by atoms with Crippen molar-refractivity contribution < 1.29 is 4.74 Å². The number of hydrogen-bond donors (Lipinski definition) is 2. The summed E-state index contributed by atoms with van der Waals surface area (Å²) in [4.78, 5) is 19.9. The quantitative estimate of drug-likeness (QED) is 0.534. The molecule has 2 N–H and O–H groups in total. The number of ether oxygens (including phenoxy) is 1. The number of aromatic nitrogens is 2. The van der Waals surface area contributed by atoms with Crippen LogP contribution in [0.15, 0.2) is 54.0 Å². The fourth-order valence-corrected chi connectivity index (χ4v) is 3.51. The van der Waals surface area contributed by atoms with E-state index in [1.54, 1.807) is 19.4 Å². The van der Waals surface area contributed by atoms with Gasteiger partial charge in [-0.2, -0.15) is 0 Å². The van der Waals surface area contributed by atoms with Crippen LogP contribution in [0, 0.1) is 0 Å². The number of benzene rings is 2. The second kappa shape index (κ2) is 9.22. The van der Waals surface area contributed by atoms with E-state index < -0.39 is 0 Å². The average Bonchev–Trinajstić information content (AvgIpc) is 2.72. The zero-order chi connectivity index (χ0) is 19.9. The van der Waals surface area contributed by atoms with E-state index in [0.29, 0.717) is 16.7 Å². The van der Waals surface area contributed by atoms with Gasteiger partial charge in [-0.15, -0.1) is 0 Å². The lowest BCUT2D eigenvalue weighted by atomic mass is 9.97. The van der Waals surface area contributed by atoms with Crippen LogP contribution in [0.5, 0.6) is 5.75 Å². The van der Waals surface area contributed by atoms with Crippen molar-refractivity contribution in [1.29, 1.82) is 0 Å². The van der Waals surface area contributed by atoms with Crippen molar-refractivity contribution in [2.75, 3.05) is 12.4 Å². The summed E-state index contributed by atoms with van der Waals surface area (Å²) in [5.41, 5.74) is 4.41. The lowest BCUT2D eigenvalue weighted by Gasteiger charge is -2.14. The Morgan fingerprint density at radius 1 is 1.21 bits per heavy atom. The number of H-pyrrole nitrogens is 1.